The minimum atomic E-state index is 0.923. The fourth-order valence-electron chi connectivity index (χ4n) is 1.93. The topological polar surface area (TPSA) is 41.6 Å². The summed E-state index contributed by atoms with van der Waals surface area (Å²) in [7, 11) is 0. The minimum absolute atomic E-state index is 0.923. The molecule has 3 heterocycles. The molecule has 0 saturated heterocycles. The van der Waals surface area contributed by atoms with E-state index in [0.717, 1.165) is 16.7 Å². The first-order valence-corrected chi connectivity index (χ1v) is 5.20. The molecule has 0 fully saturated rings. The van der Waals surface area contributed by atoms with E-state index in [1.807, 2.05) is 43.7 Å². The third-order valence-corrected chi connectivity index (χ3v) is 2.67. The van der Waals surface area contributed by atoms with Crippen molar-refractivity contribution in [3.63, 3.8) is 0 Å². The maximum absolute atomic E-state index is 4.28. The van der Waals surface area contributed by atoms with Crippen molar-refractivity contribution in [2.75, 3.05) is 0 Å². The monoisotopic (exact) mass is 209 g/mol. The lowest BCUT2D eigenvalue weighted by Gasteiger charge is -2.03. The molecule has 0 aliphatic rings. The van der Waals surface area contributed by atoms with E-state index < -0.39 is 0 Å². The van der Waals surface area contributed by atoms with E-state index in [1.54, 1.807) is 0 Å². The molecule has 0 spiro atoms. The van der Waals surface area contributed by atoms with Gasteiger partial charge in [0.1, 0.15) is 5.65 Å². The molecule has 3 aromatic rings. The predicted octanol–water partition coefficient (Wildman–Crippen LogP) is 2.93. The van der Waals surface area contributed by atoms with E-state index in [-0.39, 0.29) is 0 Å². The maximum Gasteiger partial charge on any atom is 0.137 e. The van der Waals surface area contributed by atoms with Crippen LogP contribution >= 0.6 is 0 Å². The van der Waals surface area contributed by atoms with Gasteiger partial charge in [-0.25, -0.2) is 4.98 Å². The van der Waals surface area contributed by atoms with Gasteiger partial charge < -0.3 is 4.98 Å². The lowest BCUT2D eigenvalue weighted by Crippen LogP contribution is -1.85. The molecule has 0 aliphatic heterocycles. The van der Waals surface area contributed by atoms with Crippen molar-refractivity contribution in [2.45, 2.75) is 6.92 Å². The summed E-state index contributed by atoms with van der Waals surface area (Å²) in [6.45, 7) is 2.00. The second-order valence-corrected chi connectivity index (χ2v) is 3.78. The molecule has 3 nitrogen and oxygen atoms in total. The van der Waals surface area contributed by atoms with Gasteiger partial charge in [-0.05, 0) is 42.3 Å². The Kier molecular flexibility index (Phi) is 1.96. The number of aryl methyl sites for hydroxylation is 1. The summed E-state index contributed by atoms with van der Waals surface area (Å²) >= 11 is 0. The van der Waals surface area contributed by atoms with Gasteiger partial charge in [0.25, 0.3) is 0 Å². The molecule has 0 bridgehead atoms. The first-order valence-electron chi connectivity index (χ1n) is 5.20. The van der Waals surface area contributed by atoms with Crippen LogP contribution in [0.3, 0.4) is 0 Å². The van der Waals surface area contributed by atoms with Crippen LogP contribution in [0.25, 0.3) is 22.2 Å². The average molecular weight is 209 g/mol. The second-order valence-electron chi connectivity index (χ2n) is 3.78. The van der Waals surface area contributed by atoms with Crippen molar-refractivity contribution in [1.29, 1.82) is 0 Å². The van der Waals surface area contributed by atoms with E-state index in [2.05, 4.69) is 21.0 Å². The van der Waals surface area contributed by atoms with Gasteiger partial charge >= 0.3 is 0 Å². The SMILES string of the molecule is Cc1cc(-c2ccnc3[nH]ccc23)ccn1. The molecular weight excluding hydrogens is 198 g/mol. The van der Waals surface area contributed by atoms with Crippen LogP contribution in [0.5, 0.6) is 0 Å². The van der Waals surface area contributed by atoms with Crippen molar-refractivity contribution in [2.24, 2.45) is 0 Å². The summed E-state index contributed by atoms with van der Waals surface area (Å²) in [5.74, 6) is 0. The predicted molar refractivity (Wildman–Crippen MR) is 64.1 cm³/mol. The van der Waals surface area contributed by atoms with E-state index in [1.165, 1.54) is 11.1 Å². The fraction of sp³-hybridized carbons (Fsp3) is 0.0769. The molecule has 3 heteroatoms. The van der Waals surface area contributed by atoms with E-state index >= 15 is 0 Å². The van der Waals surface area contributed by atoms with Gasteiger partial charge in [0, 0.05) is 29.7 Å². The van der Waals surface area contributed by atoms with E-state index in [0.29, 0.717) is 0 Å². The Balaban J connectivity index is 2.29. The van der Waals surface area contributed by atoms with Crippen LogP contribution in [-0.4, -0.2) is 15.0 Å². The first kappa shape index (κ1) is 9.09. The van der Waals surface area contributed by atoms with E-state index in [9.17, 15) is 0 Å². The van der Waals surface area contributed by atoms with Gasteiger partial charge in [0.2, 0.25) is 0 Å². The van der Waals surface area contributed by atoms with Crippen LogP contribution in [0.1, 0.15) is 5.69 Å². The van der Waals surface area contributed by atoms with Gasteiger partial charge in [0.05, 0.1) is 0 Å². The van der Waals surface area contributed by atoms with Crippen molar-refractivity contribution in [3.05, 3.63) is 48.5 Å². The number of hydrogen-bond donors (Lipinski definition) is 1. The molecule has 0 amide bonds. The lowest BCUT2D eigenvalue weighted by molar-refractivity contribution is 1.20. The van der Waals surface area contributed by atoms with Gasteiger partial charge in [-0.15, -0.1) is 0 Å². The number of H-pyrrole nitrogens is 1. The molecule has 3 rings (SSSR count). The lowest BCUT2D eigenvalue weighted by atomic mass is 10.0. The number of nitrogens with one attached hydrogen (secondary N) is 1. The summed E-state index contributed by atoms with van der Waals surface area (Å²) in [6, 6.07) is 8.19. The van der Waals surface area contributed by atoms with E-state index in [4.69, 9.17) is 0 Å². The maximum atomic E-state index is 4.28. The average Bonchev–Trinajstić information content (AvgIpc) is 2.76. The molecule has 0 unspecified atom stereocenters. The molecule has 3 aromatic heterocycles. The van der Waals surface area contributed by atoms with Crippen LogP contribution in [0.15, 0.2) is 42.9 Å². The van der Waals surface area contributed by atoms with Gasteiger partial charge in [-0.1, -0.05) is 0 Å². The van der Waals surface area contributed by atoms with Gasteiger partial charge in [-0.3, -0.25) is 4.98 Å². The highest BCUT2D eigenvalue weighted by atomic mass is 14.8. The highest BCUT2D eigenvalue weighted by Crippen LogP contribution is 2.26. The van der Waals surface area contributed by atoms with Crippen LogP contribution in [0.2, 0.25) is 0 Å². The number of hydrogen-bond acceptors (Lipinski definition) is 2. The summed E-state index contributed by atoms with van der Waals surface area (Å²) in [5, 5.41) is 1.15. The number of nitrogens with zero attached hydrogens (tertiary/aromatic N) is 2. The van der Waals surface area contributed by atoms with Crippen molar-refractivity contribution < 1.29 is 0 Å². The Morgan fingerprint density at radius 1 is 1.06 bits per heavy atom. The van der Waals surface area contributed by atoms with Crippen LogP contribution in [-0.2, 0) is 0 Å². The second kappa shape index (κ2) is 3.45. The zero-order valence-corrected chi connectivity index (χ0v) is 8.94. The number of pyridine rings is 2. The molecule has 16 heavy (non-hydrogen) atoms. The molecule has 0 radical (unpaired) electrons. The normalized spacial score (nSPS) is 10.8. The Bertz CT molecular complexity index is 640. The van der Waals surface area contributed by atoms with Crippen LogP contribution in [0, 0.1) is 6.92 Å². The summed E-state index contributed by atoms with van der Waals surface area (Å²) in [6.07, 6.45) is 5.57. The zero-order valence-electron chi connectivity index (χ0n) is 8.94. The number of fused-ring (bicyclic) bond motifs is 1. The number of rotatable bonds is 1. The standard InChI is InChI=1S/C13H11N3/c1-9-8-10(2-5-14-9)11-3-6-15-13-12(11)4-7-16-13/h2-8H,1H3,(H,15,16). The number of aromatic nitrogens is 3. The van der Waals surface area contributed by atoms with Crippen molar-refractivity contribution >= 4 is 11.0 Å². The Labute approximate surface area is 93.2 Å². The molecule has 0 saturated carbocycles. The Morgan fingerprint density at radius 3 is 2.81 bits per heavy atom. The quantitative estimate of drug-likeness (QED) is 0.669. The van der Waals surface area contributed by atoms with Crippen LogP contribution < -0.4 is 0 Å². The van der Waals surface area contributed by atoms with Crippen LogP contribution in [0.4, 0.5) is 0 Å². The third-order valence-electron chi connectivity index (χ3n) is 2.67. The Morgan fingerprint density at radius 2 is 1.94 bits per heavy atom. The highest BCUT2D eigenvalue weighted by Gasteiger charge is 2.04. The fourth-order valence-corrected chi connectivity index (χ4v) is 1.93. The molecule has 1 N–H and O–H groups in total. The summed E-state index contributed by atoms with van der Waals surface area (Å²) < 4.78 is 0. The third kappa shape index (κ3) is 1.37. The zero-order chi connectivity index (χ0) is 11.0. The summed E-state index contributed by atoms with van der Waals surface area (Å²) in [4.78, 5) is 11.6. The smallest absolute Gasteiger partial charge is 0.137 e. The minimum Gasteiger partial charge on any atom is -0.346 e. The van der Waals surface area contributed by atoms with Crippen molar-refractivity contribution in [3.8, 4) is 11.1 Å². The first-order chi connectivity index (χ1) is 7.84. The van der Waals surface area contributed by atoms with Gasteiger partial charge in [0.15, 0.2) is 0 Å². The molecule has 78 valence electrons. The molecule has 0 atom stereocenters. The Hall–Kier alpha value is -2.16. The highest BCUT2D eigenvalue weighted by molar-refractivity contribution is 5.92. The molecule has 0 aliphatic carbocycles. The van der Waals surface area contributed by atoms with Gasteiger partial charge in [-0.2, -0.15) is 0 Å². The van der Waals surface area contributed by atoms with Crippen molar-refractivity contribution in [1.82, 2.24) is 15.0 Å². The molecule has 0 aromatic carbocycles. The summed E-state index contributed by atoms with van der Waals surface area (Å²) in [5.41, 5.74) is 4.32. The number of aromatic amines is 1. The molecular formula is C13H11N3. The largest absolute Gasteiger partial charge is 0.346 e.